The molecular formula is C35H37ClN8O4. The van der Waals surface area contributed by atoms with Gasteiger partial charge in [-0.05, 0) is 43.7 Å². The lowest BCUT2D eigenvalue weighted by Crippen LogP contribution is -2.29. The molecule has 13 heteroatoms. The lowest BCUT2D eigenvalue weighted by atomic mass is 9.98. The first-order valence-corrected chi connectivity index (χ1v) is 16.1. The van der Waals surface area contributed by atoms with E-state index >= 15 is 0 Å². The molecule has 1 saturated heterocycles. The van der Waals surface area contributed by atoms with E-state index in [1.54, 1.807) is 24.4 Å². The number of methoxy groups -OCH3 is 1. The van der Waals surface area contributed by atoms with E-state index in [1.807, 2.05) is 55.8 Å². The molecule has 48 heavy (non-hydrogen) atoms. The minimum Gasteiger partial charge on any atom is -0.496 e. The number of pyridine rings is 1. The summed E-state index contributed by atoms with van der Waals surface area (Å²) in [7, 11) is 5.43. The molecule has 12 nitrogen and oxygen atoms in total. The number of hydrogen-bond acceptors (Lipinski definition) is 9. The Morgan fingerprint density at radius 3 is 2.62 bits per heavy atom. The van der Waals surface area contributed by atoms with Gasteiger partial charge in [0.25, 0.3) is 11.8 Å². The van der Waals surface area contributed by atoms with Crippen molar-refractivity contribution in [2.75, 3.05) is 37.9 Å². The van der Waals surface area contributed by atoms with E-state index in [0.29, 0.717) is 58.9 Å². The summed E-state index contributed by atoms with van der Waals surface area (Å²) in [6.07, 6.45) is 3.20. The van der Waals surface area contributed by atoms with Crippen LogP contribution in [0.15, 0.2) is 54.4 Å². The summed E-state index contributed by atoms with van der Waals surface area (Å²) < 4.78 is 7.41. The number of likely N-dealkylation sites (N-methyl/N-ethyl adjacent to an activating group) is 1. The molecule has 2 aromatic heterocycles. The van der Waals surface area contributed by atoms with Gasteiger partial charge < -0.3 is 35.5 Å². The largest absolute Gasteiger partial charge is 0.496 e. The topological polar surface area (TPSA) is 143 Å². The third kappa shape index (κ3) is 6.56. The zero-order valence-electron chi connectivity index (χ0n) is 27.2. The predicted molar refractivity (Wildman–Crippen MR) is 184 cm³/mol. The summed E-state index contributed by atoms with van der Waals surface area (Å²) in [6, 6.07) is 12.5. The third-order valence-electron chi connectivity index (χ3n) is 8.91. The number of hydrogen-bond donors (Lipinski definition) is 4. The smallest absolute Gasteiger partial charge is 0.291 e. The van der Waals surface area contributed by atoms with Gasteiger partial charge >= 0.3 is 0 Å². The standard InChI is InChI=1S/C35H37ClN8O4/c1-20-22(23-8-6-10-26(32(23)36)42-35(47)33-40-28-18-43(2)14-12-30(28)44(33)3)7-5-9-24(20)41-34(46)27-15-31(48-4)21(17-39-27)16-38-25-11-13-37-29(25)19-45/h5-10,15,17,25,37-38H,11-14,16,18H2,1-4H3,(H,41,46)(H,42,47)/t25-/m1/s1. The van der Waals surface area contributed by atoms with E-state index in [1.165, 1.54) is 7.11 Å². The second-order valence-electron chi connectivity index (χ2n) is 12.0. The number of halogens is 1. The minimum absolute atomic E-state index is 0.121. The molecule has 2 aliphatic rings. The fourth-order valence-electron chi connectivity index (χ4n) is 6.20. The highest BCUT2D eigenvalue weighted by Gasteiger charge is 2.25. The van der Waals surface area contributed by atoms with Crippen LogP contribution in [0.4, 0.5) is 11.4 Å². The quantitative estimate of drug-likeness (QED) is 0.194. The molecule has 1 atom stereocenters. The Labute approximate surface area is 283 Å². The van der Waals surface area contributed by atoms with E-state index < -0.39 is 5.91 Å². The SMILES string of the molecule is COc1cc(C(=O)Nc2cccc(-c3cccc(NC(=O)c4nc5c(n4C)CCN(C)C5)c3Cl)c2C)ncc1CN[C@@H]1CCNC1=C=O. The van der Waals surface area contributed by atoms with Gasteiger partial charge in [-0.3, -0.25) is 14.6 Å². The molecule has 0 unspecified atom stereocenters. The van der Waals surface area contributed by atoms with Crippen molar-refractivity contribution in [3.63, 3.8) is 0 Å². The van der Waals surface area contributed by atoms with Crippen LogP contribution in [0, 0.1) is 6.92 Å². The molecule has 1 fully saturated rings. The molecule has 4 aromatic rings. The van der Waals surface area contributed by atoms with Crippen LogP contribution in [0.1, 0.15) is 50.0 Å². The zero-order chi connectivity index (χ0) is 33.9. The molecule has 0 bridgehead atoms. The number of benzene rings is 2. The Balaban J connectivity index is 1.18. The first-order chi connectivity index (χ1) is 23.2. The maximum absolute atomic E-state index is 13.4. The second-order valence-corrected chi connectivity index (χ2v) is 12.4. The van der Waals surface area contributed by atoms with Crippen LogP contribution in [-0.2, 0) is 31.4 Å². The number of carbonyl (C=O) groups is 2. The Kier molecular flexibility index (Phi) is 9.61. The number of rotatable bonds is 9. The van der Waals surface area contributed by atoms with Gasteiger partial charge in [-0.1, -0.05) is 35.9 Å². The van der Waals surface area contributed by atoms with Crippen molar-refractivity contribution in [3.05, 3.63) is 93.4 Å². The Bertz CT molecular complexity index is 1950. The minimum atomic E-state index is -0.407. The summed E-state index contributed by atoms with van der Waals surface area (Å²) in [6.45, 7) is 4.61. The first-order valence-electron chi connectivity index (χ1n) is 15.7. The van der Waals surface area contributed by atoms with Crippen molar-refractivity contribution < 1.29 is 19.1 Å². The van der Waals surface area contributed by atoms with E-state index in [-0.39, 0.29) is 17.6 Å². The molecule has 248 valence electrons. The number of nitrogens with zero attached hydrogens (tertiary/aromatic N) is 4. The summed E-state index contributed by atoms with van der Waals surface area (Å²) in [5, 5.41) is 12.6. The van der Waals surface area contributed by atoms with Gasteiger partial charge in [0.05, 0.1) is 29.6 Å². The van der Waals surface area contributed by atoms with Crippen LogP contribution in [-0.4, -0.2) is 70.5 Å². The van der Waals surface area contributed by atoms with Crippen LogP contribution in [0.3, 0.4) is 0 Å². The van der Waals surface area contributed by atoms with Crippen molar-refractivity contribution >= 4 is 40.7 Å². The van der Waals surface area contributed by atoms with Crippen molar-refractivity contribution in [3.8, 4) is 16.9 Å². The Morgan fingerprint density at radius 2 is 1.85 bits per heavy atom. The Morgan fingerprint density at radius 1 is 1.10 bits per heavy atom. The molecule has 2 aliphatic heterocycles. The number of carbonyl (C=O) groups excluding carboxylic acids is 3. The average molecular weight is 669 g/mol. The van der Waals surface area contributed by atoms with Gasteiger partial charge in [0.2, 0.25) is 0 Å². The molecule has 6 rings (SSSR count). The number of anilines is 2. The summed E-state index contributed by atoms with van der Waals surface area (Å²) in [4.78, 5) is 49.0. The average Bonchev–Trinajstić information content (AvgIpc) is 3.68. The molecular weight excluding hydrogens is 632 g/mol. The number of imidazole rings is 1. The summed E-state index contributed by atoms with van der Waals surface area (Å²) in [5.74, 6) is 2.03. The van der Waals surface area contributed by atoms with Gasteiger partial charge in [0, 0.05) is 74.4 Å². The van der Waals surface area contributed by atoms with Gasteiger partial charge in [-0.15, -0.1) is 0 Å². The van der Waals surface area contributed by atoms with E-state index in [9.17, 15) is 14.4 Å². The normalized spacial score (nSPS) is 15.8. The van der Waals surface area contributed by atoms with Gasteiger partial charge in [-0.25, -0.2) is 9.78 Å². The fraction of sp³-hybridized carbons (Fsp3) is 0.314. The van der Waals surface area contributed by atoms with E-state index in [2.05, 4.69) is 36.1 Å². The first kappa shape index (κ1) is 32.9. The molecule has 0 radical (unpaired) electrons. The van der Waals surface area contributed by atoms with Crippen molar-refractivity contribution in [1.82, 2.24) is 30.1 Å². The van der Waals surface area contributed by atoms with E-state index in [0.717, 1.165) is 47.5 Å². The molecule has 4 heterocycles. The van der Waals surface area contributed by atoms with Gasteiger partial charge in [0.15, 0.2) is 5.82 Å². The molecule has 4 N–H and O–H groups in total. The maximum atomic E-state index is 13.4. The van der Waals surface area contributed by atoms with Gasteiger partial charge in [-0.2, -0.15) is 0 Å². The number of fused-ring (bicyclic) bond motifs is 1. The van der Waals surface area contributed by atoms with Crippen molar-refractivity contribution in [2.24, 2.45) is 7.05 Å². The number of aromatic nitrogens is 3. The highest BCUT2D eigenvalue weighted by Crippen LogP contribution is 2.38. The van der Waals surface area contributed by atoms with Crippen molar-refractivity contribution in [2.45, 2.75) is 38.9 Å². The highest BCUT2D eigenvalue weighted by atomic mass is 35.5. The van der Waals surface area contributed by atoms with Crippen LogP contribution < -0.4 is 26.0 Å². The fourth-order valence-corrected chi connectivity index (χ4v) is 6.48. The third-order valence-corrected chi connectivity index (χ3v) is 9.32. The van der Waals surface area contributed by atoms with Crippen LogP contribution >= 0.6 is 11.6 Å². The monoisotopic (exact) mass is 668 g/mol. The number of amides is 2. The Hall–Kier alpha value is -5.00. The van der Waals surface area contributed by atoms with Crippen molar-refractivity contribution in [1.29, 1.82) is 0 Å². The van der Waals surface area contributed by atoms with Crippen LogP contribution in [0.2, 0.25) is 5.02 Å². The maximum Gasteiger partial charge on any atom is 0.291 e. The molecule has 0 spiro atoms. The number of ether oxygens (including phenoxy) is 1. The summed E-state index contributed by atoms with van der Waals surface area (Å²) in [5.41, 5.74) is 6.74. The molecule has 2 amide bonds. The zero-order valence-corrected chi connectivity index (χ0v) is 28.0. The molecule has 0 aliphatic carbocycles. The predicted octanol–water partition coefficient (Wildman–Crippen LogP) is 4.11. The molecule has 2 aromatic carbocycles. The summed E-state index contributed by atoms with van der Waals surface area (Å²) >= 11 is 6.90. The van der Waals surface area contributed by atoms with Crippen LogP contribution in [0.5, 0.6) is 5.75 Å². The lowest BCUT2D eigenvalue weighted by Gasteiger charge is -2.21. The lowest BCUT2D eigenvalue weighted by molar-refractivity contribution is 0.100. The van der Waals surface area contributed by atoms with E-state index in [4.69, 9.17) is 16.3 Å². The second kappa shape index (κ2) is 14.0. The molecule has 0 saturated carbocycles. The van der Waals surface area contributed by atoms with Gasteiger partial charge in [0.1, 0.15) is 23.1 Å². The van der Waals surface area contributed by atoms with Crippen LogP contribution in [0.25, 0.3) is 11.1 Å². The number of nitrogens with one attached hydrogen (secondary N) is 4. The highest BCUT2D eigenvalue weighted by molar-refractivity contribution is 6.36.